The monoisotopic (exact) mass is 249 g/mol. The molecule has 5 nitrogen and oxygen atoms in total. The van der Waals surface area contributed by atoms with Gasteiger partial charge in [-0.15, -0.1) is 0 Å². The molecule has 0 saturated heterocycles. The molecule has 8 heteroatoms. The van der Waals surface area contributed by atoms with E-state index < -0.39 is 23.4 Å². The van der Waals surface area contributed by atoms with Gasteiger partial charge in [-0.1, -0.05) is 0 Å². The van der Waals surface area contributed by atoms with E-state index in [2.05, 4.69) is 4.74 Å². The molecular formula is C9H6F3NO4. The summed E-state index contributed by atoms with van der Waals surface area (Å²) in [5.41, 5.74) is -0.699. The largest absolute Gasteiger partial charge is 0.483 e. The van der Waals surface area contributed by atoms with Crippen LogP contribution in [0, 0.1) is 10.1 Å². The second kappa shape index (κ2) is 4.81. The number of halogens is 3. The third-order valence-corrected chi connectivity index (χ3v) is 1.72. The summed E-state index contributed by atoms with van der Waals surface area (Å²) in [5, 5.41) is 10.4. The zero-order chi connectivity index (χ0) is 13.1. The van der Waals surface area contributed by atoms with E-state index in [1.165, 1.54) is 0 Å². The summed E-state index contributed by atoms with van der Waals surface area (Å²) in [6.45, 7) is -1.56. The van der Waals surface area contributed by atoms with Gasteiger partial charge in [0.05, 0.1) is 10.5 Å². The van der Waals surface area contributed by atoms with Gasteiger partial charge in [-0.05, 0) is 6.07 Å². The smallest absolute Gasteiger partial charge is 0.422 e. The number of ether oxygens (including phenoxy) is 1. The van der Waals surface area contributed by atoms with Gasteiger partial charge in [-0.25, -0.2) is 0 Å². The third kappa shape index (κ3) is 3.74. The van der Waals surface area contributed by atoms with E-state index in [-0.39, 0.29) is 17.6 Å². The van der Waals surface area contributed by atoms with Gasteiger partial charge in [-0.2, -0.15) is 13.2 Å². The highest BCUT2D eigenvalue weighted by molar-refractivity contribution is 5.80. The average Bonchev–Trinajstić information content (AvgIpc) is 2.24. The summed E-state index contributed by atoms with van der Waals surface area (Å²) in [5.74, 6) is -0.345. The molecule has 0 aliphatic heterocycles. The maximum absolute atomic E-state index is 11.9. The molecule has 0 heterocycles. The van der Waals surface area contributed by atoms with E-state index >= 15 is 0 Å². The predicted octanol–water partition coefficient (Wildman–Crippen LogP) is 2.35. The van der Waals surface area contributed by atoms with Gasteiger partial charge in [0.15, 0.2) is 12.9 Å². The molecule has 0 amide bonds. The number of rotatable bonds is 4. The molecule has 1 rings (SSSR count). The molecule has 0 aliphatic carbocycles. The Hall–Kier alpha value is -2.12. The van der Waals surface area contributed by atoms with Gasteiger partial charge in [0, 0.05) is 12.1 Å². The maximum atomic E-state index is 11.9. The van der Waals surface area contributed by atoms with E-state index in [1.54, 1.807) is 0 Å². The van der Waals surface area contributed by atoms with Crippen molar-refractivity contribution < 1.29 is 27.6 Å². The number of carbonyl (C=O) groups is 1. The summed E-state index contributed by atoms with van der Waals surface area (Å²) < 4.78 is 39.9. The van der Waals surface area contributed by atoms with Crippen LogP contribution in [-0.4, -0.2) is 24.0 Å². The van der Waals surface area contributed by atoms with Crippen LogP contribution in [0.1, 0.15) is 10.4 Å². The Bertz CT molecular complexity index is 444. The highest BCUT2D eigenvalue weighted by atomic mass is 19.4. The lowest BCUT2D eigenvalue weighted by Gasteiger charge is -2.10. The molecule has 1 aromatic rings. The molecule has 0 fully saturated rings. The van der Waals surface area contributed by atoms with Crippen LogP contribution in [0.4, 0.5) is 18.9 Å². The molecule has 0 bridgehead atoms. The van der Waals surface area contributed by atoms with Crippen LogP contribution in [0.15, 0.2) is 18.2 Å². The van der Waals surface area contributed by atoms with Crippen molar-refractivity contribution in [2.45, 2.75) is 6.18 Å². The van der Waals surface area contributed by atoms with Gasteiger partial charge in [-0.3, -0.25) is 14.9 Å². The number of alkyl halides is 3. The normalized spacial score (nSPS) is 11.0. The molecule has 0 aliphatic rings. The Morgan fingerprint density at radius 2 is 2.06 bits per heavy atom. The molecular weight excluding hydrogens is 243 g/mol. The zero-order valence-electron chi connectivity index (χ0n) is 8.23. The highest BCUT2D eigenvalue weighted by Gasteiger charge is 2.29. The Morgan fingerprint density at radius 1 is 1.41 bits per heavy atom. The van der Waals surface area contributed by atoms with Gasteiger partial charge in [0.1, 0.15) is 5.75 Å². The Labute approximate surface area is 93.0 Å². The van der Waals surface area contributed by atoms with Crippen molar-refractivity contribution >= 4 is 12.0 Å². The van der Waals surface area contributed by atoms with E-state index in [0.717, 1.165) is 18.2 Å². The number of nitrogens with zero attached hydrogens (tertiary/aromatic N) is 1. The van der Waals surface area contributed by atoms with Gasteiger partial charge < -0.3 is 4.74 Å². The van der Waals surface area contributed by atoms with E-state index in [9.17, 15) is 28.1 Å². The average molecular weight is 249 g/mol. The predicted molar refractivity (Wildman–Crippen MR) is 50.0 cm³/mol. The first-order valence-corrected chi connectivity index (χ1v) is 4.26. The Morgan fingerprint density at radius 3 is 2.53 bits per heavy atom. The summed E-state index contributed by atoms with van der Waals surface area (Å²) >= 11 is 0. The molecule has 1 aromatic carbocycles. The lowest BCUT2D eigenvalue weighted by Crippen LogP contribution is -2.19. The third-order valence-electron chi connectivity index (χ3n) is 1.72. The van der Waals surface area contributed by atoms with Crippen molar-refractivity contribution in [1.82, 2.24) is 0 Å². The molecule has 17 heavy (non-hydrogen) atoms. The van der Waals surface area contributed by atoms with Crippen molar-refractivity contribution in [1.29, 1.82) is 0 Å². The van der Waals surface area contributed by atoms with Gasteiger partial charge in [0.2, 0.25) is 0 Å². The summed E-state index contributed by atoms with van der Waals surface area (Å²) in [6.07, 6.45) is -4.35. The lowest BCUT2D eigenvalue weighted by atomic mass is 10.2. The standard InChI is InChI=1S/C9H6F3NO4/c10-9(11,12)5-17-8-2-1-7(13(15)16)3-6(8)4-14/h1-4H,5H2. The van der Waals surface area contributed by atoms with Crippen molar-refractivity contribution in [3.8, 4) is 5.75 Å². The van der Waals surface area contributed by atoms with Crippen LogP contribution >= 0.6 is 0 Å². The molecule has 0 N–H and O–H groups in total. The molecule has 0 atom stereocenters. The minimum Gasteiger partial charge on any atom is -0.483 e. The second-order valence-corrected chi connectivity index (χ2v) is 3.00. The number of aldehydes is 1. The van der Waals surface area contributed by atoms with Crippen molar-refractivity contribution in [2.24, 2.45) is 0 Å². The summed E-state index contributed by atoms with van der Waals surface area (Å²) in [6, 6.07) is 2.75. The number of benzene rings is 1. The quantitative estimate of drug-likeness (QED) is 0.466. The fourth-order valence-electron chi connectivity index (χ4n) is 1.03. The highest BCUT2D eigenvalue weighted by Crippen LogP contribution is 2.24. The topological polar surface area (TPSA) is 69.4 Å². The van der Waals surface area contributed by atoms with Crippen LogP contribution in [0.2, 0.25) is 0 Å². The maximum Gasteiger partial charge on any atom is 0.422 e. The molecule has 0 spiro atoms. The Balaban J connectivity index is 2.93. The first-order chi connectivity index (χ1) is 7.83. The van der Waals surface area contributed by atoms with Crippen LogP contribution in [0.3, 0.4) is 0 Å². The zero-order valence-corrected chi connectivity index (χ0v) is 8.23. The van der Waals surface area contributed by atoms with Crippen LogP contribution in [-0.2, 0) is 0 Å². The molecule has 0 saturated carbocycles. The van der Waals surface area contributed by atoms with Crippen molar-refractivity contribution in [2.75, 3.05) is 6.61 Å². The van der Waals surface area contributed by atoms with Crippen LogP contribution < -0.4 is 4.74 Å². The fraction of sp³-hybridized carbons (Fsp3) is 0.222. The van der Waals surface area contributed by atoms with E-state index in [0.29, 0.717) is 0 Å². The number of nitro benzene ring substituents is 1. The number of nitro groups is 1. The summed E-state index contributed by atoms with van der Waals surface area (Å²) in [4.78, 5) is 20.1. The molecule has 0 aromatic heterocycles. The van der Waals surface area contributed by atoms with Crippen LogP contribution in [0.25, 0.3) is 0 Å². The molecule has 92 valence electrons. The van der Waals surface area contributed by atoms with E-state index in [1.807, 2.05) is 0 Å². The van der Waals surface area contributed by atoms with Crippen molar-refractivity contribution in [3.05, 3.63) is 33.9 Å². The number of hydrogen-bond acceptors (Lipinski definition) is 4. The number of carbonyl (C=O) groups excluding carboxylic acids is 1. The van der Waals surface area contributed by atoms with Gasteiger partial charge in [0.25, 0.3) is 5.69 Å². The molecule has 0 unspecified atom stereocenters. The minimum atomic E-state index is -4.54. The Kier molecular flexibility index (Phi) is 3.66. The minimum absolute atomic E-state index is 0.193. The van der Waals surface area contributed by atoms with Gasteiger partial charge >= 0.3 is 6.18 Å². The first-order valence-electron chi connectivity index (χ1n) is 4.26. The second-order valence-electron chi connectivity index (χ2n) is 3.00. The summed E-state index contributed by atoms with van der Waals surface area (Å²) in [7, 11) is 0. The van der Waals surface area contributed by atoms with Crippen LogP contribution in [0.5, 0.6) is 5.75 Å². The fourth-order valence-corrected chi connectivity index (χ4v) is 1.03. The van der Waals surface area contributed by atoms with E-state index in [4.69, 9.17) is 0 Å². The van der Waals surface area contributed by atoms with Crippen molar-refractivity contribution in [3.63, 3.8) is 0 Å². The molecule has 0 radical (unpaired) electrons. The first kappa shape index (κ1) is 12.9. The lowest BCUT2D eigenvalue weighted by molar-refractivity contribution is -0.384. The SMILES string of the molecule is O=Cc1cc([N+](=O)[O-])ccc1OCC(F)(F)F. The number of hydrogen-bond donors (Lipinski definition) is 0. The number of non-ortho nitro benzene ring substituents is 1.